The summed E-state index contributed by atoms with van der Waals surface area (Å²) in [5.41, 5.74) is 3.30. The van der Waals surface area contributed by atoms with Crippen LogP contribution in [-0.2, 0) is 14.3 Å². The third-order valence-corrected chi connectivity index (χ3v) is 3.13. The number of ether oxygens (including phenoxy) is 1. The van der Waals surface area contributed by atoms with Crippen LogP contribution in [0.25, 0.3) is 0 Å². The van der Waals surface area contributed by atoms with Crippen molar-refractivity contribution in [3.05, 3.63) is 34.4 Å². The molecular weight excluding hydrogens is 216 g/mol. The van der Waals surface area contributed by atoms with E-state index in [0.29, 0.717) is 18.6 Å². The summed E-state index contributed by atoms with van der Waals surface area (Å²) in [5, 5.41) is 0. The Hall–Kier alpha value is -1.64. The van der Waals surface area contributed by atoms with Crippen LogP contribution in [-0.4, -0.2) is 18.4 Å². The number of hydrogen-bond donors (Lipinski definition) is 0. The first-order valence-electron chi connectivity index (χ1n) is 5.95. The molecule has 0 aromatic heterocycles. The number of allylic oxidation sites excluding steroid dienone is 5. The van der Waals surface area contributed by atoms with Crippen LogP contribution in [0.2, 0.25) is 0 Å². The molecule has 3 heteroatoms. The Morgan fingerprint density at radius 1 is 1.47 bits per heavy atom. The summed E-state index contributed by atoms with van der Waals surface area (Å²) in [5.74, 6) is -0.249. The van der Waals surface area contributed by atoms with Crippen LogP contribution < -0.4 is 0 Å². The highest BCUT2D eigenvalue weighted by Crippen LogP contribution is 2.37. The van der Waals surface area contributed by atoms with Gasteiger partial charge in [0.25, 0.3) is 0 Å². The van der Waals surface area contributed by atoms with Gasteiger partial charge in [-0.2, -0.15) is 0 Å². The maximum Gasteiger partial charge on any atom is 0.334 e. The van der Waals surface area contributed by atoms with Crippen LogP contribution in [0.1, 0.15) is 33.1 Å². The molecule has 0 saturated heterocycles. The highest BCUT2D eigenvalue weighted by atomic mass is 16.5. The Labute approximate surface area is 101 Å². The third kappa shape index (κ3) is 2.09. The molecular formula is C14H16O3. The van der Waals surface area contributed by atoms with Crippen LogP contribution in [0.3, 0.4) is 0 Å². The molecule has 2 rings (SSSR count). The van der Waals surface area contributed by atoms with Crippen molar-refractivity contribution in [1.29, 1.82) is 0 Å². The fourth-order valence-electron chi connectivity index (χ4n) is 2.42. The summed E-state index contributed by atoms with van der Waals surface area (Å²) < 4.78 is 5.04. The number of carbonyl (C=O) groups excluding carboxylic acids is 2. The van der Waals surface area contributed by atoms with E-state index in [0.717, 1.165) is 29.6 Å². The van der Waals surface area contributed by atoms with Gasteiger partial charge in [-0.05, 0) is 38.3 Å². The molecule has 0 bridgehead atoms. The molecule has 0 unspecified atom stereocenters. The van der Waals surface area contributed by atoms with E-state index in [4.69, 9.17) is 4.74 Å². The summed E-state index contributed by atoms with van der Waals surface area (Å²) in [6.45, 7) is 4.08. The predicted molar refractivity (Wildman–Crippen MR) is 64.4 cm³/mol. The topological polar surface area (TPSA) is 43.4 Å². The average Bonchev–Trinajstić information content (AvgIpc) is 2.49. The Morgan fingerprint density at radius 3 is 2.94 bits per heavy atom. The fourth-order valence-corrected chi connectivity index (χ4v) is 2.42. The van der Waals surface area contributed by atoms with Gasteiger partial charge in [-0.25, -0.2) is 4.79 Å². The first kappa shape index (κ1) is 11.8. The van der Waals surface area contributed by atoms with Crippen molar-refractivity contribution in [1.82, 2.24) is 0 Å². The zero-order valence-electron chi connectivity index (χ0n) is 10.2. The maximum absolute atomic E-state index is 11.9. The number of ketones is 1. The molecule has 17 heavy (non-hydrogen) atoms. The number of carbonyl (C=O) groups is 2. The molecule has 3 nitrogen and oxygen atoms in total. The van der Waals surface area contributed by atoms with Crippen molar-refractivity contribution in [3.8, 4) is 0 Å². The van der Waals surface area contributed by atoms with Crippen LogP contribution >= 0.6 is 0 Å². The van der Waals surface area contributed by atoms with E-state index in [1.807, 2.05) is 13.0 Å². The van der Waals surface area contributed by atoms with Gasteiger partial charge in [0.2, 0.25) is 0 Å². The number of fused-ring (bicyclic) bond motifs is 1. The van der Waals surface area contributed by atoms with Crippen LogP contribution in [0.15, 0.2) is 34.4 Å². The van der Waals surface area contributed by atoms with Crippen molar-refractivity contribution >= 4 is 11.8 Å². The average molecular weight is 232 g/mol. The Morgan fingerprint density at radius 2 is 2.24 bits per heavy atom. The highest BCUT2D eigenvalue weighted by Gasteiger charge is 2.30. The molecule has 0 heterocycles. The van der Waals surface area contributed by atoms with E-state index in [1.165, 1.54) is 0 Å². The molecule has 0 fully saturated rings. The lowest BCUT2D eigenvalue weighted by Gasteiger charge is -2.07. The van der Waals surface area contributed by atoms with Gasteiger partial charge in [-0.15, -0.1) is 0 Å². The van der Waals surface area contributed by atoms with Crippen molar-refractivity contribution in [2.24, 2.45) is 0 Å². The molecule has 0 aromatic carbocycles. The summed E-state index contributed by atoms with van der Waals surface area (Å²) in [7, 11) is 0. The second-order valence-electron chi connectivity index (χ2n) is 4.31. The highest BCUT2D eigenvalue weighted by molar-refractivity contribution is 6.11. The first-order valence-corrected chi connectivity index (χ1v) is 5.95. The SMILES string of the molecule is CCOC(=O)C1=C2CCC=CC(=O)C2=C(C)C1. The smallest absolute Gasteiger partial charge is 0.334 e. The molecule has 2 aliphatic rings. The Balaban J connectivity index is 2.39. The lowest BCUT2D eigenvalue weighted by atomic mass is 9.99. The molecule has 0 aromatic rings. The second kappa shape index (κ2) is 4.70. The lowest BCUT2D eigenvalue weighted by molar-refractivity contribution is -0.138. The van der Waals surface area contributed by atoms with Crippen LogP contribution in [0.5, 0.6) is 0 Å². The van der Waals surface area contributed by atoms with Gasteiger partial charge in [0.05, 0.1) is 6.61 Å². The second-order valence-corrected chi connectivity index (χ2v) is 4.31. The largest absolute Gasteiger partial charge is 0.463 e. The molecule has 0 spiro atoms. The summed E-state index contributed by atoms with van der Waals surface area (Å²) in [6, 6.07) is 0. The van der Waals surface area contributed by atoms with Crippen LogP contribution in [0, 0.1) is 0 Å². The van der Waals surface area contributed by atoms with Gasteiger partial charge in [-0.1, -0.05) is 11.6 Å². The minimum atomic E-state index is -0.272. The third-order valence-electron chi connectivity index (χ3n) is 3.13. The number of rotatable bonds is 2. The van der Waals surface area contributed by atoms with Crippen molar-refractivity contribution in [2.75, 3.05) is 6.61 Å². The first-order chi connectivity index (χ1) is 8.15. The van der Waals surface area contributed by atoms with E-state index in [2.05, 4.69) is 0 Å². The van der Waals surface area contributed by atoms with Gasteiger partial charge < -0.3 is 4.74 Å². The molecule has 0 radical (unpaired) electrons. The van der Waals surface area contributed by atoms with Gasteiger partial charge in [0, 0.05) is 17.6 Å². The molecule has 2 aliphatic carbocycles. The zero-order valence-corrected chi connectivity index (χ0v) is 10.2. The van der Waals surface area contributed by atoms with Gasteiger partial charge in [0.1, 0.15) is 0 Å². The molecule has 90 valence electrons. The van der Waals surface area contributed by atoms with E-state index in [-0.39, 0.29) is 11.8 Å². The standard InChI is InChI=1S/C14H16O3/c1-3-17-14(16)11-8-9(2)13-10(11)6-4-5-7-12(13)15/h5,7H,3-4,6,8H2,1-2H3. The van der Waals surface area contributed by atoms with E-state index in [1.54, 1.807) is 13.0 Å². The minimum Gasteiger partial charge on any atom is -0.463 e. The van der Waals surface area contributed by atoms with Crippen LogP contribution in [0.4, 0.5) is 0 Å². The molecule has 0 saturated carbocycles. The maximum atomic E-state index is 11.9. The monoisotopic (exact) mass is 232 g/mol. The molecule has 0 amide bonds. The summed E-state index contributed by atoms with van der Waals surface area (Å²) in [6.07, 6.45) is 5.60. The minimum absolute atomic E-state index is 0.0225. The van der Waals surface area contributed by atoms with Gasteiger partial charge >= 0.3 is 5.97 Å². The Bertz CT molecular complexity index is 464. The van der Waals surface area contributed by atoms with Gasteiger partial charge in [0.15, 0.2) is 5.78 Å². The zero-order chi connectivity index (χ0) is 12.4. The van der Waals surface area contributed by atoms with Crippen molar-refractivity contribution in [2.45, 2.75) is 33.1 Å². The molecule has 0 atom stereocenters. The van der Waals surface area contributed by atoms with E-state index >= 15 is 0 Å². The molecule has 0 aliphatic heterocycles. The number of hydrogen-bond acceptors (Lipinski definition) is 3. The fraction of sp³-hybridized carbons (Fsp3) is 0.429. The lowest BCUT2D eigenvalue weighted by Crippen LogP contribution is -2.09. The summed E-state index contributed by atoms with van der Waals surface area (Å²) >= 11 is 0. The van der Waals surface area contributed by atoms with E-state index in [9.17, 15) is 9.59 Å². The Kier molecular flexibility index (Phi) is 3.27. The van der Waals surface area contributed by atoms with Crippen molar-refractivity contribution < 1.29 is 14.3 Å². The number of esters is 1. The quantitative estimate of drug-likeness (QED) is 0.687. The molecule has 0 N–H and O–H groups in total. The van der Waals surface area contributed by atoms with Gasteiger partial charge in [-0.3, -0.25) is 4.79 Å². The normalized spacial score (nSPS) is 19.5. The van der Waals surface area contributed by atoms with Crippen molar-refractivity contribution in [3.63, 3.8) is 0 Å². The summed E-state index contributed by atoms with van der Waals surface area (Å²) in [4.78, 5) is 23.7. The van der Waals surface area contributed by atoms with E-state index < -0.39 is 0 Å². The predicted octanol–water partition coefficient (Wildman–Crippen LogP) is 2.49.